The molecular formula is C15H17ClN4O. The van der Waals surface area contributed by atoms with Crippen molar-refractivity contribution >= 4 is 17.4 Å². The van der Waals surface area contributed by atoms with E-state index in [0.29, 0.717) is 24.7 Å². The summed E-state index contributed by atoms with van der Waals surface area (Å²) in [6.07, 6.45) is 1.76. The number of hydrogen-bond acceptors (Lipinski definition) is 4. The average molecular weight is 305 g/mol. The molecule has 2 aromatic rings. The van der Waals surface area contributed by atoms with E-state index in [9.17, 15) is 4.91 Å². The van der Waals surface area contributed by atoms with Crippen LogP contribution in [0, 0.1) is 4.91 Å². The normalized spacial score (nSPS) is 10.2. The monoisotopic (exact) mass is 304 g/mol. The van der Waals surface area contributed by atoms with Crippen LogP contribution < -0.4 is 4.90 Å². The molecule has 0 aliphatic carbocycles. The largest absolute Gasteiger partial charge is 0.350 e. The van der Waals surface area contributed by atoms with Crippen LogP contribution >= 0.6 is 11.6 Å². The Hall–Kier alpha value is -2.14. The van der Waals surface area contributed by atoms with Crippen LogP contribution in [0.1, 0.15) is 5.56 Å². The molecule has 0 aliphatic heterocycles. The van der Waals surface area contributed by atoms with Crippen molar-refractivity contribution in [3.63, 3.8) is 0 Å². The van der Waals surface area contributed by atoms with Crippen molar-refractivity contribution in [2.24, 2.45) is 5.29 Å². The minimum atomic E-state index is 0.535. The fourth-order valence-electron chi connectivity index (χ4n) is 1.93. The molecule has 6 heteroatoms. The van der Waals surface area contributed by atoms with Crippen molar-refractivity contribution in [1.82, 2.24) is 9.99 Å². The Kier molecular flexibility index (Phi) is 5.51. The lowest BCUT2D eigenvalue weighted by Gasteiger charge is -2.25. The first kappa shape index (κ1) is 15.3. The summed E-state index contributed by atoms with van der Waals surface area (Å²) in [5.41, 5.74) is 1.13. The van der Waals surface area contributed by atoms with Gasteiger partial charge in [0.2, 0.25) is 0 Å². The van der Waals surface area contributed by atoms with Gasteiger partial charge in [0, 0.05) is 31.4 Å². The van der Waals surface area contributed by atoms with Gasteiger partial charge in [-0.25, -0.2) is 4.98 Å². The summed E-state index contributed by atoms with van der Waals surface area (Å²) in [6.45, 7) is 1.89. The van der Waals surface area contributed by atoms with E-state index in [1.54, 1.807) is 13.2 Å². The minimum Gasteiger partial charge on any atom is -0.350 e. The number of pyridine rings is 1. The fourth-order valence-corrected chi connectivity index (χ4v) is 2.06. The molecule has 0 saturated carbocycles. The van der Waals surface area contributed by atoms with Gasteiger partial charge in [-0.2, -0.15) is 0 Å². The Morgan fingerprint density at radius 2 is 1.90 bits per heavy atom. The van der Waals surface area contributed by atoms with Crippen molar-refractivity contribution in [2.75, 3.05) is 25.0 Å². The summed E-state index contributed by atoms with van der Waals surface area (Å²) in [5, 5.41) is 4.98. The van der Waals surface area contributed by atoms with E-state index in [4.69, 9.17) is 11.6 Å². The third-order valence-corrected chi connectivity index (χ3v) is 3.34. The Balaban J connectivity index is 2.11. The van der Waals surface area contributed by atoms with E-state index in [1.807, 2.05) is 42.5 Å². The molecule has 2 rings (SSSR count). The molecule has 1 heterocycles. The van der Waals surface area contributed by atoms with Crippen LogP contribution in [-0.4, -0.2) is 30.1 Å². The maximum atomic E-state index is 10.5. The number of halogens is 1. The molecule has 0 fully saturated rings. The van der Waals surface area contributed by atoms with Gasteiger partial charge in [-0.3, -0.25) is 5.01 Å². The average Bonchev–Trinajstić information content (AvgIpc) is 2.53. The first-order valence-electron chi connectivity index (χ1n) is 6.64. The van der Waals surface area contributed by atoms with E-state index >= 15 is 0 Å². The van der Waals surface area contributed by atoms with Crippen LogP contribution in [0.25, 0.3) is 0 Å². The van der Waals surface area contributed by atoms with Gasteiger partial charge < -0.3 is 4.90 Å². The first-order chi connectivity index (χ1) is 10.2. The molecule has 0 bridgehead atoms. The third-order valence-electron chi connectivity index (χ3n) is 3.09. The van der Waals surface area contributed by atoms with Crippen LogP contribution in [-0.2, 0) is 6.54 Å². The Morgan fingerprint density at radius 1 is 1.14 bits per heavy atom. The van der Waals surface area contributed by atoms with Crippen LogP contribution in [0.5, 0.6) is 0 Å². The smallest absolute Gasteiger partial charge is 0.128 e. The standard InChI is InChI=1S/C15H17ClN4O/c1-19(18-21)10-11-20(15-4-2-3-9-17-15)12-13-5-7-14(16)8-6-13/h2-9H,10-12H2,1H3. The number of nitroso groups, excluding NO2 is 1. The molecule has 1 aromatic carbocycles. The predicted octanol–water partition coefficient (Wildman–Crippen LogP) is 3.35. The summed E-state index contributed by atoms with van der Waals surface area (Å²) < 4.78 is 0. The van der Waals surface area contributed by atoms with Gasteiger partial charge in [-0.15, -0.1) is 4.91 Å². The first-order valence-corrected chi connectivity index (χ1v) is 7.01. The number of hydrogen-bond donors (Lipinski definition) is 0. The second-order valence-corrected chi connectivity index (χ2v) is 5.14. The Bertz CT molecular complexity index is 562. The van der Waals surface area contributed by atoms with Gasteiger partial charge in [0.05, 0.1) is 11.8 Å². The Morgan fingerprint density at radius 3 is 2.52 bits per heavy atom. The van der Waals surface area contributed by atoms with Crippen LogP contribution in [0.3, 0.4) is 0 Å². The van der Waals surface area contributed by atoms with Crippen LogP contribution in [0.15, 0.2) is 53.9 Å². The van der Waals surface area contributed by atoms with Gasteiger partial charge in [-0.1, -0.05) is 29.8 Å². The van der Waals surface area contributed by atoms with Crippen molar-refractivity contribution in [2.45, 2.75) is 6.54 Å². The van der Waals surface area contributed by atoms with Gasteiger partial charge in [0.15, 0.2) is 0 Å². The molecule has 110 valence electrons. The molecule has 5 nitrogen and oxygen atoms in total. The fraction of sp³-hybridized carbons (Fsp3) is 0.267. The molecular weight excluding hydrogens is 288 g/mol. The second kappa shape index (κ2) is 7.59. The quantitative estimate of drug-likeness (QED) is 0.581. The summed E-state index contributed by atoms with van der Waals surface area (Å²) in [5.74, 6) is 0.867. The number of benzene rings is 1. The van der Waals surface area contributed by atoms with E-state index in [0.717, 1.165) is 11.4 Å². The number of likely N-dealkylation sites (N-methyl/N-ethyl adjacent to an activating group) is 1. The molecule has 0 unspecified atom stereocenters. The van der Waals surface area contributed by atoms with Gasteiger partial charge in [0.1, 0.15) is 5.82 Å². The van der Waals surface area contributed by atoms with Gasteiger partial charge in [0.25, 0.3) is 0 Å². The molecule has 21 heavy (non-hydrogen) atoms. The van der Waals surface area contributed by atoms with E-state index in [2.05, 4.69) is 15.2 Å². The molecule has 0 radical (unpaired) electrons. The molecule has 1 aromatic heterocycles. The highest BCUT2D eigenvalue weighted by atomic mass is 35.5. The van der Waals surface area contributed by atoms with E-state index in [-0.39, 0.29) is 0 Å². The number of aromatic nitrogens is 1. The summed E-state index contributed by atoms with van der Waals surface area (Å²) in [7, 11) is 1.66. The van der Waals surface area contributed by atoms with Crippen LogP contribution in [0.4, 0.5) is 5.82 Å². The summed E-state index contributed by atoms with van der Waals surface area (Å²) >= 11 is 5.91. The van der Waals surface area contributed by atoms with Crippen molar-refractivity contribution < 1.29 is 0 Å². The number of nitrogens with zero attached hydrogens (tertiary/aromatic N) is 4. The zero-order valence-corrected chi connectivity index (χ0v) is 12.6. The van der Waals surface area contributed by atoms with Gasteiger partial charge >= 0.3 is 0 Å². The lowest BCUT2D eigenvalue weighted by molar-refractivity contribution is 0.354. The highest BCUT2D eigenvalue weighted by Crippen LogP contribution is 2.16. The predicted molar refractivity (Wildman–Crippen MR) is 85.2 cm³/mol. The van der Waals surface area contributed by atoms with Crippen LogP contribution in [0.2, 0.25) is 5.02 Å². The molecule has 0 amide bonds. The zero-order valence-electron chi connectivity index (χ0n) is 11.8. The van der Waals surface area contributed by atoms with Gasteiger partial charge in [-0.05, 0) is 29.8 Å². The third kappa shape index (κ3) is 4.72. The number of rotatable bonds is 7. The maximum Gasteiger partial charge on any atom is 0.128 e. The number of anilines is 1. The van der Waals surface area contributed by atoms with Crippen molar-refractivity contribution in [3.05, 3.63) is 64.2 Å². The SMILES string of the molecule is CN(CCN(Cc1ccc(Cl)cc1)c1ccccn1)N=O. The highest BCUT2D eigenvalue weighted by molar-refractivity contribution is 6.30. The molecule has 0 spiro atoms. The summed E-state index contributed by atoms with van der Waals surface area (Å²) in [4.78, 5) is 16.9. The van der Waals surface area contributed by atoms with E-state index < -0.39 is 0 Å². The summed E-state index contributed by atoms with van der Waals surface area (Å²) in [6, 6.07) is 13.5. The minimum absolute atomic E-state index is 0.535. The van der Waals surface area contributed by atoms with Crippen molar-refractivity contribution in [1.29, 1.82) is 0 Å². The topological polar surface area (TPSA) is 48.8 Å². The lowest BCUT2D eigenvalue weighted by atomic mass is 10.2. The molecule has 0 N–H and O–H groups in total. The molecule has 0 aliphatic rings. The lowest BCUT2D eigenvalue weighted by Crippen LogP contribution is -2.31. The van der Waals surface area contributed by atoms with Crippen molar-refractivity contribution in [3.8, 4) is 0 Å². The van der Waals surface area contributed by atoms with E-state index in [1.165, 1.54) is 5.01 Å². The molecule has 0 atom stereocenters. The Labute approximate surface area is 129 Å². The zero-order chi connectivity index (χ0) is 15.1. The molecule has 0 saturated heterocycles. The highest BCUT2D eigenvalue weighted by Gasteiger charge is 2.09. The maximum absolute atomic E-state index is 10.5. The second-order valence-electron chi connectivity index (χ2n) is 4.70.